The predicted molar refractivity (Wildman–Crippen MR) is 67.1 cm³/mol. The Balaban J connectivity index is 0.000000162. The second-order valence-corrected chi connectivity index (χ2v) is 3.82. The van der Waals surface area contributed by atoms with Crippen LogP contribution in [0.2, 0.25) is 0 Å². The van der Waals surface area contributed by atoms with Gasteiger partial charge in [0.2, 0.25) is 0 Å². The van der Waals surface area contributed by atoms with Crippen molar-refractivity contribution in [1.29, 1.82) is 0 Å². The molecule has 2 aromatic carbocycles. The van der Waals surface area contributed by atoms with Crippen LogP contribution in [0.5, 0.6) is 0 Å². The zero-order valence-electron chi connectivity index (χ0n) is 9.70. The van der Waals surface area contributed by atoms with E-state index in [4.69, 9.17) is 0 Å². The highest BCUT2D eigenvalue weighted by atomic mass is 13.9. The molecule has 0 spiro atoms. The first-order chi connectivity index (χ1) is 7.18. The molecule has 0 saturated carbocycles. The second-order valence-electron chi connectivity index (χ2n) is 3.82. The molecule has 0 saturated heterocycles. The molecule has 0 atom stereocenters. The Morgan fingerprint density at radius 2 is 0.667 bits per heavy atom. The van der Waals surface area contributed by atoms with Crippen LogP contribution in [0.1, 0.15) is 16.7 Å². The SMILES string of the molecule is Cc1cc(C)cc(C)c1.c1ccccc1. The fourth-order valence-corrected chi connectivity index (χ4v) is 1.59. The van der Waals surface area contributed by atoms with E-state index in [0.29, 0.717) is 0 Å². The monoisotopic (exact) mass is 198 g/mol. The molecule has 0 heteroatoms. The highest BCUT2D eigenvalue weighted by molar-refractivity contribution is 5.27. The molecule has 0 N–H and O–H groups in total. The van der Waals surface area contributed by atoms with Crippen molar-refractivity contribution in [2.75, 3.05) is 0 Å². The van der Waals surface area contributed by atoms with Gasteiger partial charge in [-0.25, -0.2) is 0 Å². The van der Waals surface area contributed by atoms with Crippen LogP contribution in [0, 0.1) is 20.8 Å². The first-order valence-corrected chi connectivity index (χ1v) is 5.23. The van der Waals surface area contributed by atoms with Gasteiger partial charge in [-0.15, -0.1) is 0 Å². The molecule has 0 aliphatic rings. The van der Waals surface area contributed by atoms with Crippen LogP contribution in [0.3, 0.4) is 0 Å². The van der Waals surface area contributed by atoms with Crippen LogP contribution in [-0.2, 0) is 0 Å². The Bertz CT molecular complexity index is 311. The lowest BCUT2D eigenvalue weighted by Crippen LogP contribution is -1.78. The summed E-state index contributed by atoms with van der Waals surface area (Å²) in [5.74, 6) is 0. The summed E-state index contributed by atoms with van der Waals surface area (Å²) in [6, 6.07) is 18.6. The van der Waals surface area contributed by atoms with Gasteiger partial charge in [0.05, 0.1) is 0 Å². The lowest BCUT2D eigenvalue weighted by Gasteiger charge is -1.96. The predicted octanol–water partition coefficient (Wildman–Crippen LogP) is 4.30. The molecule has 0 nitrogen and oxygen atoms in total. The Kier molecular flexibility index (Phi) is 4.62. The molecule has 0 bridgehead atoms. The Hall–Kier alpha value is -1.56. The summed E-state index contributed by atoms with van der Waals surface area (Å²) < 4.78 is 0. The van der Waals surface area contributed by atoms with Crippen molar-refractivity contribution in [1.82, 2.24) is 0 Å². The summed E-state index contributed by atoms with van der Waals surface area (Å²) in [5, 5.41) is 0. The minimum Gasteiger partial charge on any atom is -0.0623 e. The van der Waals surface area contributed by atoms with E-state index in [1.807, 2.05) is 36.4 Å². The zero-order valence-corrected chi connectivity index (χ0v) is 9.70. The van der Waals surface area contributed by atoms with Crippen molar-refractivity contribution in [3.63, 3.8) is 0 Å². The van der Waals surface area contributed by atoms with E-state index in [-0.39, 0.29) is 0 Å². The van der Waals surface area contributed by atoms with Crippen LogP contribution in [0.4, 0.5) is 0 Å². The van der Waals surface area contributed by atoms with Crippen molar-refractivity contribution < 1.29 is 0 Å². The van der Waals surface area contributed by atoms with Crippen molar-refractivity contribution in [2.45, 2.75) is 20.8 Å². The highest BCUT2D eigenvalue weighted by Crippen LogP contribution is 2.06. The van der Waals surface area contributed by atoms with Crippen molar-refractivity contribution in [3.05, 3.63) is 71.3 Å². The average Bonchev–Trinajstić information content (AvgIpc) is 2.19. The molecular weight excluding hydrogens is 180 g/mol. The van der Waals surface area contributed by atoms with E-state index in [1.54, 1.807) is 0 Å². The van der Waals surface area contributed by atoms with E-state index in [9.17, 15) is 0 Å². The zero-order chi connectivity index (χ0) is 11.1. The van der Waals surface area contributed by atoms with Crippen molar-refractivity contribution in [2.24, 2.45) is 0 Å². The number of aryl methyl sites for hydroxylation is 3. The summed E-state index contributed by atoms with van der Waals surface area (Å²) in [5.41, 5.74) is 4.06. The largest absolute Gasteiger partial charge is 0.0623 e. The van der Waals surface area contributed by atoms with Crippen LogP contribution in [0.15, 0.2) is 54.6 Å². The molecule has 15 heavy (non-hydrogen) atoms. The Labute approximate surface area is 92.6 Å². The summed E-state index contributed by atoms with van der Waals surface area (Å²) in [4.78, 5) is 0. The topological polar surface area (TPSA) is 0 Å². The third kappa shape index (κ3) is 5.02. The molecule has 0 aliphatic heterocycles. The number of rotatable bonds is 0. The van der Waals surface area contributed by atoms with Crippen LogP contribution in [-0.4, -0.2) is 0 Å². The lowest BCUT2D eigenvalue weighted by molar-refractivity contribution is 1.32. The van der Waals surface area contributed by atoms with Crippen LogP contribution in [0.25, 0.3) is 0 Å². The highest BCUT2D eigenvalue weighted by Gasteiger charge is 1.87. The third-order valence-corrected chi connectivity index (χ3v) is 2.03. The molecule has 78 valence electrons. The molecule has 2 rings (SSSR count). The molecule has 2 aromatic rings. The van der Waals surface area contributed by atoms with Gasteiger partial charge in [0.25, 0.3) is 0 Å². The van der Waals surface area contributed by atoms with Gasteiger partial charge < -0.3 is 0 Å². The summed E-state index contributed by atoms with van der Waals surface area (Å²) in [7, 11) is 0. The molecule has 0 unspecified atom stereocenters. The van der Waals surface area contributed by atoms with Crippen molar-refractivity contribution in [3.8, 4) is 0 Å². The smallest absolute Gasteiger partial charge is 0.0398 e. The molecule has 0 aliphatic carbocycles. The Morgan fingerprint density at radius 3 is 0.867 bits per heavy atom. The first-order valence-electron chi connectivity index (χ1n) is 5.23. The van der Waals surface area contributed by atoms with E-state index in [0.717, 1.165) is 0 Å². The van der Waals surface area contributed by atoms with Gasteiger partial charge in [-0.2, -0.15) is 0 Å². The van der Waals surface area contributed by atoms with Crippen molar-refractivity contribution >= 4 is 0 Å². The van der Waals surface area contributed by atoms with E-state index in [2.05, 4.69) is 39.0 Å². The maximum Gasteiger partial charge on any atom is -0.0398 e. The minimum absolute atomic E-state index is 1.35. The average molecular weight is 198 g/mol. The van der Waals surface area contributed by atoms with E-state index >= 15 is 0 Å². The Morgan fingerprint density at radius 1 is 0.467 bits per heavy atom. The number of benzene rings is 2. The first kappa shape index (κ1) is 11.5. The maximum atomic E-state index is 2.19. The second kappa shape index (κ2) is 6.02. The van der Waals surface area contributed by atoms with Gasteiger partial charge in [0.15, 0.2) is 0 Å². The van der Waals surface area contributed by atoms with Gasteiger partial charge in [0.1, 0.15) is 0 Å². The third-order valence-electron chi connectivity index (χ3n) is 2.03. The number of hydrogen-bond donors (Lipinski definition) is 0. The summed E-state index contributed by atoms with van der Waals surface area (Å²) in [6.45, 7) is 6.38. The minimum atomic E-state index is 1.35. The van der Waals surface area contributed by atoms with E-state index in [1.165, 1.54) is 16.7 Å². The van der Waals surface area contributed by atoms with Gasteiger partial charge in [-0.1, -0.05) is 71.3 Å². The molecule has 0 aromatic heterocycles. The summed E-state index contributed by atoms with van der Waals surface area (Å²) >= 11 is 0. The molecule has 0 heterocycles. The lowest BCUT2D eigenvalue weighted by atomic mass is 10.1. The molecule has 0 amide bonds. The van der Waals surface area contributed by atoms with Gasteiger partial charge in [-0.3, -0.25) is 0 Å². The van der Waals surface area contributed by atoms with Gasteiger partial charge in [-0.05, 0) is 20.8 Å². The van der Waals surface area contributed by atoms with Crippen LogP contribution < -0.4 is 0 Å². The summed E-state index contributed by atoms with van der Waals surface area (Å²) in [6.07, 6.45) is 0. The fourth-order valence-electron chi connectivity index (χ4n) is 1.59. The maximum absolute atomic E-state index is 2.19. The normalized spacial score (nSPS) is 9.00. The van der Waals surface area contributed by atoms with Crippen LogP contribution >= 0.6 is 0 Å². The molecular formula is C15H18. The standard InChI is InChI=1S/C9H12.C6H6/c1-7-4-8(2)6-9(3)5-7;1-2-4-6-5-3-1/h4-6H,1-3H3;1-6H. The number of hydrogen-bond acceptors (Lipinski definition) is 0. The quantitative estimate of drug-likeness (QED) is 0.592. The van der Waals surface area contributed by atoms with E-state index < -0.39 is 0 Å². The van der Waals surface area contributed by atoms with Gasteiger partial charge >= 0.3 is 0 Å². The molecule has 0 radical (unpaired) electrons. The van der Waals surface area contributed by atoms with Gasteiger partial charge in [0, 0.05) is 0 Å². The fraction of sp³-hybridized carbons (Fsp3) is 0.200. The molecule has 0 fully saturated rings.